The topological polar surface area (TPSA) is 43.3 Å². The molecule has 0 unspecified atom stereocenters. The maximum absolute atomic E-state index is 12.8. The van der Waals surface area contributed by atoms with Crippen molar-refractivity contribution in [3.8, 4) is 11.3 Å². The van der Waals surface area contributed by atoms with Crippen molar-refractivity contribution < 1.29 is 4.39 Å². The number of nitrogens with two attached hydrogens (primary N) is 1. The van der Waals surface area contributed by atoms with Crippen LogP contribution >= 0.6 is 11.3 Å². The van der Waals surface area contributed by atoms with Gasteiger partial charge in [-0.1, -0.05) is 0 Å². The summed E-state index contributed by atoms with van der Waals surface area (Å²) in [6.45, 7) is 0. The van der Waals surface area contributed by atoms with Crippen molar-refractivity contribution in [3.63, 3.8) is 0 Å². The van der Waals surface area contributed by atoms with Crippen molar-refractivity contribution in [3.05, 3.63) is 41.7 Å². The smallest absolute Gasteiger partial charge is 0.206 e. The maximum atomic E-state index is 12.8. The molecule has 2 aromatic heterocycles. The van der Waals surface area contributed by atoms with E-state index in [0.29, 0.717) is 5.95 Å². The molecule has 3 aromatic rings. The second-order valence-corrected chi connectivity index (χ2v) is 4.31. The van der Waals surface area contributed by atoms with E-state index in [2.05, 4.69) is 4.98 Å². The van der Waals surface area contributed by atoms with Crippen molar-refractivity contribution in [2.75, 3.05) is 5.73 Å². The minimum absolute atomic E-state index is 0.242. The van der Waals surface area contributed by atoms with E-state index in [1.54, 1.807) is 29.7 Å². The zero-order chi connectivity index (χ0) is 11.1. The van der Waals surface area contributed by atoms with Crippen LogP contribution in [0.15, 0.2) is 35.8 Å². The average molecular weight is 233 g/mol. The Morgan fingerprint density at radius 3 is 2.75 bits per heavy atom. The molecule has 0 atom stereocenters. The molecule has 0 fully saturated rings. The predicted molar refractivity (Wildman–Crippen MR) is 62.9 cm³/mol. The van der Waals surface area contributed by atoms with Gasteiger partial charge >= 0.3 is 0 Å². The molecule has 5 heteroatoms. The highest BCUT2D eigenvalue weighted by Crippen LogP contribution is 2.28. The molecule has 0 amide bonds. The lowest BCUT2D eigenvalue weighted by molar-refractivity contribution is 0.628. The number of nitrogens with zero attached hydrogens (tertiary/aromatic N) is 2. The van der Waals surface area contributed by atoms with Crippen LogP contribution in [0.3, 0.4) is 0 Å². The van der Waals surface area contributed by atoms with Gasteiger partial charge in [0.15, 0.2) is 0 Å². The Morgan fingerprint density at radius 1 is 1.25 bits per heavy atom. The molecule has 2 heterocycles. The van der Waals surface area contributed by atoms with Gasteiger partial charge in [-0.3, -0.25) is 4.40 Å². The lowest BCUT2D eigenvalue weighted by atomic mass is 10.2. The van der Waals surface area contributed by atoms with Gasteiger partial charge in [-0.15, -0.1) is 11.3 Å². The number of thiazole rings is 1. The molecule has 0 saturated carbocycles. The van der Waals surface area contributed by atoms with E-state index in [-0.39, 0.29) is 5.82 Å². The first kappa shape index (κ1) is 9.35. The first-order valence-electron chi connectivity index (χ1n) is 4.72. The Kier molecular flexibility index (Phi) is 1.94. The van der Waals surface area contributed by atoms with E-state index in [0.717, 1.165) is 16.1 Å². The molecular weight excluding hydrogens is 225 g/mol. The Morgan fingerprint density at radius 2 is 2.00 bits per heavy atom. The van der Waals surface area contributed by atoms with Crippen molar-refractivity contribution in [2.24, 2.45) is 0 Å². The number of hydrogen-bond acceptors (Lipinski definition) is 3. The highest BCUT2D eigenvalue weighted by molar-refractivity contribution is 7.16. The van der Waals surface area contributed by atoms with Crippen LogP contribution in [0, 0.1) is 5.82 Å². The Hall–Kier alpha value is -1.88. The Balaban J connectivity index is 2.25. The first-order valence-corrected chi connectivity index (χ1v) is 5.60. The van der Waals surface area contributed by atoms with Gasteiger partial charge in [-0.25, -0.2) is 9.37 Å². The number of fused-ring (bicyclic) bond motifs is 1. The number of hydrogen-bond donors (Lipinski definition) is 1. The molecule has 0 radical (unpaired) electrons. The summed E-state index contributed by atoms with van der Waals surface area (Å²) in [4.78, 5) is 5.02. The first-order chi connectivity index (χ1) is 7.75. The summed E-state index contributed by atoms with van der Waals surface area (Å²) in [5, 5.41) is 1.99. The normalized spacial score (nSPS) is 11.1. The molecule has 0 aliphatic heterocycles. The van der Waals surface area contributed by atoms with Gasteiger partial charge in [0.05, 0.1) is 11.9 Å². The summed E-state index contributed by atoms with van der Waals surface area (Å²) in [5.74, 6) is 0.212. The molecule has 0 aliphatic carbocycles. The molecule has 1 aromatic carbocycles. The largest absolute Gasteiger partial charge is 0.369 e. The highest BCUT2D eigenvalue weighted by atomic mass is 32.1. The number of nitrogen functional groups attached to an aromatic ring is 1. The number of rotatable bonds is 1. The number of halogens is 1. The molecular formula is C11H8FN3S. The number of aromatic nitrogens is 2. The monoisotopic (exact) mass is 233 g/mol. The fourth-order valence-corrected chi connectivity index (χ4v) is 2.55. The minimum atomic E-state index is -0.242. The molecule has 0 spiro atoms. The van der Waals surface area contributed by atoms with E-state index >= 15 is 0 Å². The lowest BCUT2D eigenvalue weighted by Gasteiger charge is -2.00. The van der Waals surface area contributed by atoms with Crippen LogP contribution in [-0.2, 0) is 0 Å². The van der Waals surface area contributed by atoms with Gasteiger partial charge < -0.3 is 5.73 Å². The Labute approximate surface area is 95.0 Å². The van der Waals surface area contributed by atoms with Gasteiger partial charge in [-0.05, 0) is 29.8 Å². The van der Waals surface area contributed by atoms with Crippen molar-refractivity contribution >= 4 is 22.1 Å². The maximum Gasteiger partial charge on any atom is 0.206 e. The molecule has 16 heavy (non-hydrogen) atoms. The van der Waals surface area contributed by atoms with Gasteiger partial charge in [0.2, 0.25) is 5.95 Å². The molecule has 0 saturated heterocycles. The molecule has 0 aliphatic rings. The fourth-order valence-electron chi connectivity index (χ4n) is 1.66. The summed E-state index contributed by atoms with van der Waals surface area (Å²) < 4.78 is 14.7. The third-order valence-electron chi connectivity index (χ3n) is 2.43. The molecule has 80 valence electrons. The molecule has 0 bridgehead atoms. The van der Waals surface area contributed by atoms with E-state index < -0.39 is 0 Å². The molecule has 3 rings (SSSR count). The minimum Gasteiger partial charge on any atom is -0.369 e. The van der Waals surface area contributed by atoms with Crippen LogP contribution in [-0.4, -0.2) is 9.38 Å². The quantitative estimate of drug-likeness (QED) is 0.702. The second-order valence-electron chi connectivity index (χ2n) is 3.42. The van der Waals surface area contributed by atoms with E-state index in [4.69, 9.17) is 5.73 Å². The fraction of sp³-hybridized carbons (Fsp3) is 0. The number of anilines is 1. The number of benzene rings is 1. The summed E-state index contributed by atoms with van der Waals surface area (Å²) in [5.41, 5.74) is 7.64. The van der Waals surface area contributed by atoms with Gasteiger partial charge in [0.1, 0.15) is 10.6 Å². The summed E-state index contributed by atoms with van der Waals surface area (Å²) in [6.07, 6.45) is 1.73. The average Bonchev–Trinajstić information content (AvgIpc) is 2.84. The SMILES string of the molecule is Nc1ncc2scc(-c3ccc(F)cc3)n12. The van der Waals surface area contributed by atoms with E-state index in [1.807, 2.05) is 9.78 Å². The van der Waals surface area contributed by atoms with E-state index in [9.17, 15) is 4.39 Å². The lowest BCUT2D eigenvalue weighted by Crippen LogP contribution is -1.94. The van der Waals surface area contributed by atoms with Crippen LogP contribution in [0.2, 0.25) is 0 Å². The van der Waals surface area contributed by atoms with Gasteiger partial charge in [0.25, 0.3) is 0 Å². The zero-order valence-corrected chi connectivity index (χ0v) is 9.04. The van der Waals surface area contributed by atoms with Crippen LogP contribution in [0.5, 0.6) is 0 Å². The van der Waals surface area contributed by atoms with Gasteiger partial charge in [0, 0.05) is 5.38 Å². The predicted octanol–water partition coefficient (Wildman–Crippen LogP) is 2.78. The number of imidazole rings is 1. The van der Waals surface area contributed by atoms with Crippen LogP contribution < -0.4 is 5.73 Å². The summed E-state index contributed by atoms with van der Waals surface area (Å²) in [7, 11) is 0. The Bertz CT molecular complexity index is 639. The second kappa shape index (κ2) is 3.31. The van der Waals surface area contributed by atoms with Crippen molar-refractivity contribution in [2.45, 2.75) is 0 Å². The molecule has 3 nitrogen and oxygen atoms in total. The molecule has 2 N–H and O–H groups in total. The van der Waals surface area contributed by atoms with Gasteiger partial charge in [-0.2, -0.15) is 0 Å². The van der Waals surface area contributed by atoms with E-state index in [1.165, 1.54) is 12.1 Å². The third kappa shape index (κ3) is 1.29. The standard InChI is InChI=1S/C11H8FN3S/c12-8-3-1-7(2-4-8)9-6-16-10-5-14-11(13)15(9)10/h1-6H,(H2,13,14). The van der Waals surface area contributed by atoms with Crippen LogP contribution in [0.1, 0.15) is 0 Å². The summed E-state index contributed by atoms with van der Waals surface area (Å²) in [6, 6.07) is 6.34. The highest BCUT2D eigenvalue weighted by Gasteiger charge is 2.09. The zero-order valence-electron chi connectivity index (χ0n) is 8.22. The summed E-state index contributed by atoms with van der Waals surface area (Å²) >= 11 is 1.56. The third-order valence-corrected chi connectivity index (χ3v) is 3.30. The van der Waals surface area contributed by atoms with Crippen LogP contribution in [0.25, 0.3) is 16.1 Å². The van der Waals surface area contributed by atoms with Crippen LogP contribution in [0.4, 0.5) is 10.3 Å². The van der Waals surface area contributed by atoms with Crippen molar-refractivity contribution in [1.29, 1.82) is 0 Å². The van der Waals surface area contributed by atoms with Crippen molar-refractivity contribution in [1.82, 2.24) is 9.38 Å².